The van der Waals surface area contributed by atoms with E-state index in [1.807, 2.05) is 6.92 Å². The first-order chi connectivity index (χ1) is 15.9. The average Bonchev–Trinajstić information content (AvgIpc) is 2.79. The molecule has 1 aromatic carbocycles. The fourth-order valence-electron chi connectivity index (χ4n) is 6.47. The lowest BCUT2D eigenvalue weighted by atomic mass is 9.56. The number of ether oxygens (including phenoxy) is 2. The molecule has 2 saturated carbocycles. The van der Waals surface area contributed by atoms with Gasteiger partial charge in [0.05, 0.1) is 23.2 Å². The molecule has 0 aromatic heterocycles. The van der Waals surface area contributed by atoms with Crippen LogP contribution in [0.15, 0.2) is 24.3 Å². The quantitative estimate of drug-likeness (QED) is 0.210. The number of rotatable bonds is 3. The zero-order chi connectivity index (χ0) is 24.8. The third-order valence-corrected chi connectivity index (χ3v) is 10.7. The van der Waals surface area contributed by atoms with Gasteiger partial charge in [-0.2, -0.15) is 0 Å². The first-order valence-electron chi connectivity index (χ1n) is 12.4. The highest BCUT2D eigenvalue weighted by Gasteiger charge is 2.57. The maximum atomic E-state index is 13.1. The van der Waals surface area contributed by atoms with Crippen molar-refractivity contribution in [3.63, 3.8) is 0 Å². The lowest BCUT2D eigenvalue weighted by molar-refractivity contribution is -0.384. The van der Waals surface area contributed by atoms with Crippen molar-refractivity contribution in [2.45, 2.75) is 94.2 Å². The van der Waals surface area contributed by atoms with Gasteiger partial charge in [-0.05, 0) is 62.5 Å². The molecule has 3 aliphatic rings. The molecule has 188 valence electrons. The number of nitro benzene ring substituents is 1. The number of aliphatic hydroxyl groups excluding tert-OH is 1. The number of fused-ring (bicyclic) bond motifs is 3. The van der Waals surface area contributed by atoms with E-state index in [-0.39, 0.29) is 44.9 Å². The van der Waals surface area contributed by atoms with E-state index in [0.29, 0.717) is 6.42 Å². The van der Waals surface area contributed by atoms with E-state index in [9.17, 15) is 20.0 Å². The van der Waals surface area contributed by atoms with E-state index in [1.54, 1.807) is 12.1 Å². The number of ketones is 1. The minimum Gasteiger partial charge on any atom is -0.393 e. The number of nitrogens with zero attached hydrogens (tertiary/aromatic N) is 1. The molecule has 8 atom stereocenters. The van der Waals surface area contributed by atoms with Gasteiger partial charge in [0.2, 0.25) is 0 Å². The van der Waals surface area contributed by atoms with Crippen LogP contribution in [0.4, 0.5) is 5.69 Å². The Bertz CT molecular complexity index is 918. The van der Waals surface area contributed by atoms with Gasteiger partial charge in [-0.15, -0.1) is 0 Å². The number of carbonyl (C=O) groups excluding carboxylic acids is 1. The maximum absolute atomic E-state index is 13.1. The summed E-state index contributed by atoms with van der Waals surface area (Å²) in [6.45, 7) is 8.21. The molecule has 1 heterocycles. The van der Waals surface area contributed by atoms with E-state index in [4.69, 9.17) is 9.47 Å². The molecule has 2 aliphatic carbocycles. The predicted octanol–water partition coefficient (Wildman–Crippen LogP) is 5.76. The van der Waals surface area contributed by atoms with E-state index >= 15 is 0 Å². The zero-order valence-corrected chi connectivity index (χ0v) is 22.6. The van der Waals surface area contributed by atoms with Crippen LogP contribution in [0.5, 0.6) is 0 Å². The minimum absolute atomic E-state index is 0.0160. The van der Waals surface area contributed by atoms with Crippen molar-refractivity contribution in [2.75, 3.05) is 0 Å². The summed E-state index contributed by atoms with van der Waals surface area (Å²) in [4.78, 5) is 23.7. The monoisotopic (exact) mass is 585 g/mol. The van der Waals surface area contributed by atoms with Crippen LogP contribution < -0.4 is 0 Å². The Morgan fingerprint density at radius 2 is 1.85 bits per heavy atom. The van der Waals surface area contributed by atoms with Crippen LogP contribution in [0.3, 0.4) is 0 Å². The van der Waals surface area contributed by atoms with Crippen LogP contribution in [0.1, 0.15) is 78.1 Å². The minimum atomic E-state index is -0.593. The van der Waals surface area contributed by atoms with Crippen LogP contribution in [0.2, 0.25) is 0 Å². The Labute approximate surface area is 215 Å². The SMILES string of the molecule is CC1CC[C@@H](C(C)O)C2(I)CCC(=O)C(C)(C)C2CC2CC1OC(c1ccc([N+](=O)[O-])cc1)O2. The van der Waals surface area contributed by atoms with Crippen molar-refractivity contribution >= 4 is 34.1 Å². The number of alkyl halides is 1. The summed E-state index contributed by atoms with van der Waals surface area (Å²) in [6, 6.07) is 6.39. The van der Waals surface area contributed by atoms with Gasteiger partial charge >= 0.3 is 0 Å². The van der Waals surface area contributed by atoms with Gasteiger partial charge < -0.3 is 14.6 Å². The molecule has 7 unspecified atom stereocenters. The van der Waals surface area contributed by atoms with Crippen molar-refractivity contribution in [1.82, 2.24) is 0 Å². The predicted molar refractivity (Wildman–Crippen MR) is 137 cm³/mol. The third-order valence-electron chi connectivity index (χ3n) is 8.66. The second-order valence-corrected chi connectivity index (χ2v) is 13.1. The highest BCUT2D eigenvalue weighted by atomic mass is 127. The van der Waals surface area contributed by atoms with E-state index in [1.165, 1.54) is 12.1 Å². The highest BCUT2D eigenvalue weighted by Crippen LogP contribution is 2.57. The van der Waals surface area contributed by atoms with Crippen molar-refractivity contribution in [3.8, 4) is 0 Å². The number of aliphatic hydroxyl groups is 1. The van der Waals surface area contributed by atoms with Crippen LogP contribution in [0.25, 0.3) is 0 Å². The van der Waals surface area contributed by atoms with Crippen molar-refractivity contribution in [2.24, 2.45) is 23.2 Å². The topological polar surface area (TPSA) is 98.9 Å². The lowest BCUT2D eigenvalue weighted by Crippen LogP contribution is -2.57. The molecule has 34 heavy (non-hydrogen) atoms. The van der Waals surface area contributed by atoms with Gasteiger partial charge in [-0.1, -0.05) is 43.4 Å². The number of non-ortho nitro benzene ring substituents is 1. The van der Waals surface area contributed by atoms with Crippen molar-refractivity contribution in [1.29, 1.82) is 0 Å². The zero-order valence-electron chi connectivity index (χ0n) is 20.4. The summed E-state index contributed by atoms with van der Waals surface area (Å²) in [5.41, 5.74) is 0.306. The van der Waals surface area contributed by atoms with E-state index in [2.05, 4.69) is 43.4 Å². The molecule has 0 amide bonds. The second-order valence-electron chi connectivity index (χ2n) is 11.1. The standard InChI is InChI=1S/C26H36INO6/c1-15-5-10-20(16(2)29)26(27)12-11-23(30)25(3,4)22(26)14-19-13-21(15)34-24(33-19)17-6-8-18(9-7-17)28(31)32/h6-9,15-16,19-22,24,29H,5,10-14H2,1-4H3/t15?,16?,19?,20-,21?,22?,24?,26?/m0/s1. The highest BCUT2D eigenvalue weighted by molar-refractivity contribution is 14.1. The average molecular weight is 585 g/mol. The van der Waals surface area contributed by atoms with Crippen molar-refractivity contribution in [3.05, 3.63) is 39.9 Å². The first kappa shape index (κ1) is 26.0. The molecular weight excluding hydrogens is 549 g/mol. The summed E-state index contributed by atoms with van der Waals surface area (Å²) in [5.74, 6) is 0.728. The molecule has 8 heteroatoms. The number of Topliss-reactive ketones (excluding diaryl/α,β-unsaturated/α-hetero) is 1. The molecular formula is C26H36INO6. The van der Waals surface area contributed by atoms with Crippen LogP contribution in [-0.2, 0) is 14.3 Å². The number of carbonyl (C=O) groups is 1. The largest absolute Gasteiger partial charge is 0.393 e. The molecule has 7 nitrogen and oxygen atoms in total. The van der Waals surface area contributed by atoms with Gasteiger partial charge in [0.25, 0.3) is 5.69 Å². The Kier molecular flexibility index (Phi) is 7.45. The summed E-state index contributed by atoms with van der Waals surface area (Å²) >= 11 is 2.57. The van der Waals surface area contributed by atoms with Crippen LogP contribution in [-0.4, -0.2) is 37.5 Å². The Morgan fingerprint density at radius 1 is 1.18 bits per heavy atom. The van der Waals surface area contributed by atoms with Gasteiger partial charge in [0.15, 0.2) is 6.29 Å². The Hall–Kier alpha value is -1.10. The van der Waals surface area contributed by atoms with E-state index < -0.39 is 22.7 Å². The van der Waals surface area contributed by atoms with Gasteiger partial charge in [0, 0.05) is 39.4 Å². The number of hydrogen-bond acceptors (Lipinski definition) is 6. The van der Waals surface area contributed by atoms with Crippen molar-refractivity contribution < 1.29 is 24.3 Å². The number of halogens is 1. The molecule has 2 bridgehead atoms. The molecule has 1 aromatic rings. The number of benzene rings is 1. The summed E-state index contributed by atoms with van der Waals surface area (Å²) in [6.07, 6.45) is 3.46. The molecule has 3 fully saturated rings. The summed E-state index contributed by atoms with van der Waals surface area (Å²) < 4.78 is 12.7. The Balaban J connectivity index is 1.69. The molecule has 1 aliphatic heterocycles. The molecule has 1 N–H and O–H groups in total. The Morgan fingerprint density at radius 3 is 2.47 bits per heavy atom. The van der Waals surface area contributed by atoms with E-state index in [0.717, 1.165) is 37.7 Å². The normalized spacial score (nSPS) is 39.1. The van der Waals surface area contributed by atoms with Gasteiger partial charge in [0.1, 0.15) is 5.78 Å². The van der Waals surface area contributed by atoms with Gasteiger partial charge in [-0.25, -0.2) is 0 Å². The number of hydrogen-bond donors (Lipinski definition) is 1. The number of nitro groups is 1. The van der Waals surface area contributed by atoms with Crippen LogP contribution in [0, 0.1) is 33.3 Å². The summed E-state index contributed by atoms with van der Waals surface area (Å²) in [7, 11) is 0. The lowest BCUT2D eigenvalue weighted by Gasteiger charge is -2.55. The second kappa shape index (κ2) is 9.75. The third kappa shape index (κ3) is 4.80. The fourth-order valence-corrected chi connectivity index (χ4v) is 8.60. The molecule has 0 radical (unpaired) electrons. The molecule has 0 spiro atoms. The van der Waals surface area contributed by atoms with Crippen LogP contribution >= 0.6 is 22.6 Å². The van der Waals surface area contributed by atoms with Gasteiger partial charge in [-0.3, -0.25) is 14.9 Å². The fraction of sp³-hybridized carbons (Fsp3) is 0.731. The molecule has 4 rings (SSSR count). The first-order valence-corrected chi connectivity index (χ1v) is 13.5. The molecule has 1 saturated heterocycles. The smallest absolute Gasteiger partial charge is 0.269 e. The summed E-state index contributed by atoms with van der Waals surface area (Å²) in [5, 5.41) is 21.9. The maximum Gasteiger partial charge on any atom is 0.269 e.